The molecule has 2 N–H and O–H groups in total. The van der Waals surface area contributed by atoms with Crippen molar-refractivity contribution in [2.75, 3.05) is 11.9 Å². The van der Waals surface area contributed by atoms with Gasteiger partial charge < -0.3 is 10.6 Å². The van der Waals surface area contributed by atoms with E-state index >= 15 is 0 Å². The van der Waals surface area contributed by atoms with E-state index < -0.39 is 0 Å². The SMILES string of the molecule is CCCNC(=O)c1ccnc(Nc2ccc(Cl)cc2C)n1. The minimum atomic E-state index is -0.199. The van der Waals surface area contributed by atoms with Crippen LogP contribution in [0.15, 0.2) is 30.5 Å². The van der Waals surface area contributed by atoms with Crippen LogP contribution in [0.4, 0.5) is 11.6 Å². The molecular weight excluding hydrogens is 288 g/mol. The third kappa shape index (κ3) is 4.16. The van der Waals surface area contributed by atoms with Gasteiger partial charge in [0.1, 0.15) is 5.69 Å². The van der Waals surface area contributed by atoms with E-state index in [2.05, 4.69) is 20.6 Å². The lowest BCUT2D eigenvalue weighted by Crippen LogP contribution is -2.25. The summed E-state index contributed by atoms with van der Waals surface area (Å²) < 4.78 is 0. The Morgan fingerprint density at radius 2 is 2.14 bits per heavy atom. The molecule has 1 amide bonds. The molecule has 1 heterocycles. The van der Waals surface area contributed by atoms with Crippen molar-refractivity contribution >= 4 is 29.1 Å². The molecule has 21 heavy (non-hydrogen) atoms. The van der Waals surface area contributed by atoms with Crippen molar-refractivity contribution in [2.24, 2.45) is 0 Å². The lowest BCUT2D eigenvalue weighted by Gasteiger charge is -2.09. The van der Waals surface area contributed by atoms with Crippen LogP contribution >= 0.6 is 11.6 Å². The van der Waals surface area contributed by atoms with Crippen LogP contribution in [0.5, 0.6) is 0 Å². The number of hydrogen-bond donors (Lipinski definition) is 2. The summed E-state index contributed by atoms with van der Waals surface area (Å²) in [5.41, 5.74) is 2.17. The van der Waals surface area contributed by atoms with Crippen LogP contribution in [-0.2, 0) is 0 Å². The Hall–Kier alpha value is -2.14. The van der Waals surface area contributed by atoms with Gasteiger partial charge in [-0.3, -0.25) is 4.79 Å². The zero-order valence-electron chi connectivity index (χ0n) is 12.0. The minimum Gasteiger partial charge on any atom is -0.351 e. The van der Waals surface area contributed by atoms with Gasteiger partial charge in [-0.25, -0.2) is 9.97 Å². The summed E-state index contributed by atoms with van der Waals surface area (Å²) in [6.45, 7) is 4.56. The van der Waals surface area contributed by atoms with Crippen molar-refractivity contribution in [3.63, 3.8) is 0 Å². The van der Waals surface area contributed by atoms with Gasteiger partial charge in [0.15, 0.2) is 0 Å². The van der Waals surface area contributed by atoms with Crippen LogP contribution in [0.3, 0.4) is 0 Å². The fourth-order valence-electron chi connectivity index (χ4n) is 1.76. The number of aromatic nitrogens is 2. The second-order valence-electron chi connectivity index (χ2n) is 4.61. The maximum atomic E-state index is 11.9. The number of hydrogen-bond acceptors (Lipinski definition) is 4. The molecule has 0 aliphatic carbocycles. The van der Waals surface area contributed by atoms with Gasteiger partial charge in [0, 0.05) is 23.5 Å². The highest BCUT2D eigenvalue weighted by molar-refractivity contribution is 6.30. The Morgan fingerprint density at radius 1 is 1.33 bits per heavy atom. The number of rotatable bonds is 5. The van der Waals surface area contributed by atoms with E-state index in [-0.39, 0.29) is 5.91 Å². The number of halogens is 1. The fourth-order valence-corrected chi connectivity index (χ4v) is 1.99. The molecule has 2 aromatic rings. The van der Waals surface area contributed by atoms with Crippen molar-refractivity contribution < 1.29 is 4.79 Å². The zero-order valence-corrected chi connectivity index (χ0v) is 12.7. The van der Waals surface area contributed by atoms with Gasteiger partial charge in [-0.1, -0.05) is 18.5 Å². The fraction of sp³-hybridized carbons (Fsp3) is 0.267. The van der Waals surface area contributed by atoms with Gasteiger partial charge in [-0.2, -0.15) is 0 Å². The summed E-state index contributed by atoms with van der Waals surface area (Å²) in [6.07, 6.45) is 2.44. The molecule has 5 nitrogen and oxygen atoms in total. The monoisotopic (exact) mass is 304 g/mol. The van der Waals surface area contributed by atoms with Crippen LogP contribution in [0.2, 0.25) is 5.02 Å². The third-order valence-electron chi connectivity index (χ3n) is 2.86. The van der Waals surface area contributed by atoms with E-state index in [4.69, 9.17) is 11.6 Å². The number of benzene rings is 1. The summed E-state index contributed by atoms with van der Waals surface area (Å²) in [4.78, 5) is 20.2. The van der Waals surface area contributed by atoms with Gasteiger partial charge in [-0.05, 0) is 43.2 Å². The molecule has 0 saturated heterocycles. The maximum absolute atomic E-state index is 11.9. The molecule has 2 rings (SSSR count). The molecule has 1 aromatic carbocycles. The molecule has 0 atom stereocenters. The Morgan fingerprint density at radius 3 is 2.86 bits per heavy atom. The molecule has 0 spiro atoms. The topological polar surface area (TPSA) is 66.9 Å². The Bertz CT molecular complexity index is 645. The van der Waals surface area contributed by atoms with Gasteiger partial charge in [0.25, 0.3) is 5.91 Å². The van der Waals surface area contributed by atoms with Crippen molar-refractivity contribution in [1.29, 1.82) is 0 Å². The number of nitrogens with zero attached hydrogens (tertiary/aromatic N) is 2. The average molecular weight is 305 g/mol. The minimum absolute atomic E-state index is 0.199. The lowest BCUT2D eigenvalue weighted by molar-refractivity contribution is 0.0948. The average Bonchev–Trinajstić information content (AvgIpc) is 2.48. The smallest absolute Gasteiger partial charge is 0.270 e. The van der Waals surface area contributed by atoms with Crippen molar-refractivity contribution in [2.45, 2.75) is 20.3 Å². The number of amides is 1. The molecule has 0 radical (unpaired) electrons. The zero-order chi connectivity index (χ0) is 15.2. The summed E-state index contributed by atoms with van der Waals surface area (Å²) >= 11 is 5.92. The second kappa shape index (κ2) is 7.04. The summed E-state index contributed by atoms with van der Waals surface area (Å²) in [7, 11) is 0. The summed E-state index contributed by atoms with van der Waals surface area (Å²) in [6, 6.07) is 7.08. The third-order valence-corrected chi connectivity index (χ3v) is 3.09. The number of aryl methyl sites for hydroxylation is 1. The molecule has 0 saturated carbocycles. The normalized spacial score (nSPS) is 10.2. The first-order chi connectivity index (χ1) is 10.1. The van der Waals surface area contributed by atoms with Gasteiger partial charge >= 0.3 is 0 Å². The van der Waals surface area contributed by atoms with E-state index in [0.29, 0.717) is 23.2 Å². The molecule has 0 aliphatic heterocycles. The van der Waals surface area contributed by atoms with E-state index in [1.165, 1.54) is 0 Å². The van der Waals surface area contributed by atoms with Crippen LogP contribution in [-0.4, -0.2) is 22.4 Å². The second-order valence-corrected chi connectivity index (χ2v) is 5.04. The number of carbonyl (C=O) groups excluding carboxylic acids is 1. The highest BCUT2D eigenvalue weighted by atomic mass is 35.5. The van der Waals surface area contributed by atoms with Gasteiger partial charge in [-0.15, -0.1) is 0 Å². The van der Waals surface area contributed by atoms with E-state index in [1.54, 1.807) is 18.3 Å². The van der Waals surface area contributed by atoms with Crippen molar-refractivity contribution in [1.82, 2.24) is 15.3 Å². The predicted molar refractivity (Wildman–Crippen MR) is 84.1 cm³/mol. The largest absolute Gasteiger partial charge is 0.351 e. The summed E-state index contributed by atoms with van der Waals surface area (Å²) in [5.74, 6) is 0.180. The first kappa shape index (κ1) is 15.3. The van der Waals surface area contributed by atoms with Crippen molar-refractivity contribution in [3.8, 4) is 0 Å². The van der Waals surface area contributed by atoms with Crippen molar-refractivity contribution in [3.05, 3.63) is 46.7 Å². The summed E-state index contributed by atoms with van der Waals surface area (Å²) in [5, 5.41) is 6.55. The van der Waals surface area contributed by atoms with Crippen LogP contribution in [0, 0.1) is 6.92 Å². The van der Waals surface area contributed by atoms with Crippen LogP contribution in [0.1, 0.15) is 29.4 Å². The molecule has 110 valence electrons. The molecule has 1 aromatic heterocycles. The molecular formula is C15H17ClN4O. The molecule has 0 bridgehead atoms. The van der Waals surface area contributed by atoms with E-state index in [1.807, 2.05) is 26.0 Å². The lowest BCUT2D eigenvalue weighted by atomic mass is 10.2. The number of anilines is 2. The first-order valence-corrected chi connectivity index (χ1v) is 7.12. The van der Waals surface area contributed by atoms with Gasteiger partial charge in [0.05, 0.1) is 0 Å². The Balaban J connectivity index is 2.15. The highest BCUT2D eigenvalue weighted by Crippen LogP contribution is 2.21. The molecule has 0 aliphatic rings. The Kier molecular flexibility index (Phi) is 5.11. The van der Waals surface area contributed by atoms with E-state index in [9.17, 15) is 4.79 Å². The predicted octanol–water partition coefficient (Wildman–Crippen LogP) is 3.32. The van der Waals surface area contributed by atoms with Crippen LogP contribution < -0.4 is 10.6 Å². The first-order valence-electron chi connectivity index (χ1n) is 6.74. The van der Waals surface area contributed by atoms with E-state index in [0.717, 1.165) is 17.7 Å². The maximum Gasteiger partial charge on any atom is 0.270 e. The number of nitrogens with one attached hydrogen (secondary N) is 2. The molecule has 0 fully saturated rings. The van der Waals surface area contributed by atoms with Crippen LogP contribution in [0.25, 0.3) is 0 Å². The molecule has 6 heteroatoms. The molecule has 0 unspecified atom stereocenters. The quantitative estimate of drug-likeness (QED) is 0.889. The standard InChI is InChI=1S/C15H17ClN4O/c1-3-7-17-14(21)13-6-8-18-15(20-13)19-12-5-4-11(16)9-10(12)2/h4-6,8-9H,3,7H2,1-2H3,(H,17,21)(H,18,19,20). The number of carbonyl (C=O) groups is 1. The highest BCUT2D eigenvalue weighted by Gasteiger charge is 2.08. The Labute approximate surface area is 128 Å². The van der Waals surface area contributed by atoms with Gasteiger partial charge in [0.2, 0.25) is 5.95 Å².